The number of nitrogens with one attached hydrogen (secondary N) is 1. The largest absolute Gasteiger partial charge is 0.480 e. The number of para-hydroxylation sites is 1. The number of aliphatic carboxylic acids is 1. The van der Waals surface area contributed by atoms with Gasteiger partial charge in [0.1, 0.15) is 19.0 Å². The lowest BCUT2D eigenvalue weighted by atomic mass is 10.2. The third kappa shape index (κ3) is 6.10. The van der Waals surface area contributed by atoms with Crippen molar-refractivity contribution in [3.05, 3.63) is 29.8 Å². The number of carboxylic acid groups (broad SMARTS) is 1. The first-order valence-electron chi connectivity index (χ1n) is 5.58. The molecule has 0 heterocycles. The van der Waals surface area contributed by atoms with Gasteiger partial charge in [-0.25, -0.2) is 4.79 Å². The van der Waals surface area contributed by atoms with E-state index in [-0.39, 0.29) is 12.3 Å². The molecule has 1 aromatic rings. The third-order valence-corrected chi connectivity index (χ3v) is 2.12. The fourth-order valence-corrected chi connectivity index (χ4v) is 1.34. The monoisotopic (exact) mass is 289 g/mol. The fraction of sp³-hybridized carbons (Fsp3) is 0.333. The van der Waals surface area contributed by atoms with Crippen LogP contribution < -0.4 is 10.1 Å². The summed E-state index contributed by atoms with van der Waals surface area (Å²) in [4.78, 5) is 21.5. The Morgan fingerprint density at radius 1 is 1.25 bits per heavy atom. The van der Waals surface area contributed by atoms with Crippen LogP contribution in [0.15, 0.2) is 24.3 Å². The van der Waals surface area contributed by atoms with Crippen LogP contribution in [0, 0.1) is 0 Å². The van der Waals surface area contributed by atoms with Gasteiger partial charge >= 0.3 is 12.6 Å². The van der Waals surface area contributed by atoms with Crippen LogP contribution in [0.2, 0.25) is 0 Å². The highest BCUT2D eigenvalue weighted by atomic mass is 19.3. The van der Waals surface area contributed by atoms with E-state index in [9.17, 15) is 18.4 Å². The summed E-state index contributed by atoms with van der Waals surface area (Å²) in [5, 5.41) is 10.7. The first kappa shape index (κ1) is 15.8. The predicted molar refractivity (Wildman–Crippen MR) is 63.4 cm³/mol. The molecular weight excluding hydrogens is 276 g/mol. The standard InChI is InChI=1S/C12H13F2NO5/c13-12(14)20-9-4-2-1-3-8(9)5-15-10(16)6-19-7-11(17)18/h1-4,12H,5-7H2,(H,15,16)(H,17,18). The predicted octanol–water partition coefficient (Wildman–Crippen LogP) is 1.01. The van der Waals surface area contributed by atoms with Crippen LogP contribution in [-0.2, 0) is 20.9 Å². The average Bonchev–Trinajstić information content (AvgIpc) is 2.36. The highest BCUT2D eigenvalue weighted by Gasteiger charge is 2.10. The van der Waals surface area contributed by atoms with Crippen LogP contribution in [0.1, 0.15) is 5.56 Å². The number of halogens is 2. The second-order valence-corrected chi connectivity index (χ2v) is 3.65. The van der Waals surface area contributed by atoms with Crippen LogP contribution in [-0.4, -0.2) is 36.8 Å². The Morgan fingerprint density at radius 3 is 2.60 bits per heavy atom. The molecule has 0 aromatic heterocycles. The maximum atomic E-state index is 12.2. The third-order valence-electron chi connectivity index (χ3n) is 2.12. The van der Waals surface area contributed by atoms with E-state index in [4.69, 9.17) is 5.11 Å². The number of carboxylic acids is 1. The molecule has 0 spiro atoms. The summed E-state index contributed by atoms with van der Waals surface area (Å²) >= 11 is 0. The summed E-state index contributed by atoms with van der Waals surface area (Å²) in [5.74, 6) is -1.78. The molecule has 1 amide bonds. The molecule has 0 aliphatic heterocycles. The molecule has 0 unspecified atom stereocenters. The SMILES string of the molecule is O=C(O)COCC(=O)NCc1ccccc1OC(F)F. The van der Waals surface area contributed by atoms with Crippen molar-refractivity contribution in [2.24, 2.45) is 0 Å². The minimum atomic E-state index is -2.95. The number of carbonyl (C=O) groups excluding carboxylic acids is 1. The molecule has 0 aliphatic carbocycles. The van der Waals surface area contributed by atoms with Crippen molar-refractivity contribution in [3.63, 3.8) is 0 Å². The first-order chi connectivity index (χ1) is 9.49. The highest BCUT2D eigenvalue weighted by molar-refractivity contribution is 5.77. The van der Waals surface area contributed by atoms with Crippen molar-refractivity contribution in [2.45, 2.75) is 13.2 Å². The Kier molecular flexibility index (Phi) is 6.38. The Hall–Kier alpha value is -2.22. The zero-order valence-electron chi connectivity index (χ0n) is 10.3. The van der Waals surface area contributed by atoms with Crippen LogP contribution in [0.25, 0.3) is 0 Å². The summed E-state index contributed by atoms with van der Waals surface area (Å²) in [6.07, 6.45) is 0. The first-order valence-corrected chi connectivity index (χ1v) is 5.58. The minimum absolute atomic E-state index is 0.0296. The molecule has 110 valence electrons. The second kappa shape index (κ2) is 8.05. The zero-order chi connectivity index (χ0) is 15.0. The molecule has 6 nitrogen and oxygen atoms in total. The number of rotatable bonds is 8. The summed E-state index contributed by atoms with van der Waals surface area (Å²) in [6.45, 7) is -3.99. The molecule has 0 saturated carbocycles. The minimum Gasteiger partial charge on any atom is -0.480 e. The van der Waals surface area contributed by atoms with E-state index in [2.05, 4.69) is 14.8 Å². The van der Waals surface area contributed by atoms with Crippen molar-refractivity contribution in [3.8, 4) is 5.75 Å². The smallest absolute Gasteiger partial charge is 0.387 e. The molecule has 0 atom stereocenters. The summed E-state index contributed by atoms with van der Waals surface area (Å²) in [7, 11) is 0. The van der Waals surface area contributed by atoms with Gasteiger partial charge in [-0.2, -0.15) is 8.78 Å². The van der Waals surface area contributed by atoms with Crippen molar-refractivity contribution >= 4 is 11.9 Å². The Bertz CT molecular complexity index is 467. The van der Waals surface area contributed by atoms with E-state index in [1.165, 1.54) is 18.2 Å². The van der Waals surface area contributed by atoms with E-state index in [1.54, 1.807) is 6.07 Å². The number of carbonyl (C=O) groups is 2. The average molecular weight is 289 g/mol. The molecule has 8 heteroatoms. The van der Waals surface area contributed by atoms with Crippen molar-refractivity contribution in [1.82, 2.24) is 5.32 Å². The van der Waals surface area contributed by atoms with Gasteiger partial charge in [-0.15, -0.1) is 0 Å². The Labute approximate surface area is 113 Å². The molecule has 0 aliphatic rings. The van der Waals surface area contributed by atoms with Gasteiger partial charge in [0.25, 0.3) is 0 Å². The lowest BCUT2D eigenvalue weighted by Crippen LogP contribution is -2.28. The lowest BCUT2D eigenvalue weighted by Gasteiger charge is -2.11. The van der Waals surface area contributed by atoms with E-state index >= 15 is 0 Å². The molecule has 0 bridgehead atoms. The van der Waals surface area contributed by atoms with Crippen LogP contribution in [0.3, 0.4) is 0 Å². The van der Waals surface area contributed by atoms with Gasteiger partial charge in [-0.1, -0.05) is 18.2 Å². The lowest BCUT2D eigenvalue weighted by molar-refractivity contribution is -0.143. The normalized spacial score (nSPS) is 10.3. The Balaban J connectivity index is 2.44. The van der Waals surface area contributed by atoms with E-state index in [1.807, 2.05) is 0 Å². The summed E-state index contributed by atoms with van der Waals surface area (Å²) < 4.78 is 33.2. The summed E-state index contributed by atoms with van der Waals surface area (Å²) in [6, 6.07) is 6.02. The Morgan fingerprint density at radius 2 is 1.95 bits per heavy atom. The maximum Gasteiger partial charge on any atom is 0.387 e. The van der Waals surface area contributed by atoms with E-state index in [0.717, 1.165) is 0 Å². The molecule has 0 saturated heterocycles. The second-order valence-electron chi connectivity index (χ2n) is 3.65. The maximum absolute atomic E-state index is 12.2. The van der Waals surface area contributed by atoms with Crippen LogP contribution in [0.4, 0.5) is 8.78 Å². The fourth-order valence-electron chi connectivity index (χ4n) is 1.34. The molecule has 1 rings (SSSR count). The molecular formula is C12H13F2NO5. The van der Waals surface area contributed by atoms with Crippen molar-refractivity contribution in [1.29, 1.82) is 0 Å². The topological polar surface area (TPSA) is 84.9 Å². The molecule has 20 heavy (non-hydrogen) atoms. The van der Waals surface area contributed by atoms with Gasteiger partial charge in [-0.05, 0) is 6.07 Å². The number of hydrogen-bond donors (Lipinski definition) is 2. The van der Waals surface area contributed by atoms with Gasteiger partial charge < -0.3 is 19.9 Å². The number of alkyl halides is 2. The van der Waals surface area contributed by atoms with Gasteiger partial charge in [0, 0.05) is 12.1 Å². The quantitative estimate of drug-likeness (QED) is 0.746. The zero-order valence-corrected chi connectivity index (χ0v) is 10.3. The number of hydrogen-bond acceptors (Lipinski definition) is 4. The van der Waals surface area contributed by atoms with Crippen molar-refractivity contribution in [2.75, 3.05) is 13.2 Å². The van der Waals surface area contributed by atoms with E-state index < -0.39 is 31.7 Å². The van der Waals surface area contributed by atoms with Gasteiger partial charge in [0.05, 0.1) is 0 Å². The van der Waals surface area contributed by atoms with Crippen LogP contribution >= 0.6 is 0 Å². The molecule has 2 N–H and O–H groups in total. The highest BCUT2D eigenvalue weighted by Crippen LogP contribution is 2.19. The van der Waals surface area contributed by atoms with Gasteiger partial charge in [0.2, 0.25) is 5.91 Å². The van der Waals surface area contributed by atoms with E-state index in [0.29, 0.717) is 5.56 Å². The van der Waals surface area contributed by atoms with Gasteiger partial charge in [-0.3, -0.25) is 4.79 Å². The molecule has 0 fully saturated rings. The number of benzene rings is 1. The van der Waals surface area contributed by atoms with Crippen LogP contribution in [0.5, 0.6) is 5.75 Å². The number of amides is 1. The number of ether oxygens (including phenoxy) is 2. The molecule has 0 radical (unpaired) electrons. The van der Waals surface area contributed by atoms with Crippen molar-refractivity contribution < 1.29 is 33.0 Å². The van der Waals surface area contributed by atoms with Gasteiger partial charge in [0.15, 0.2) is 0 Å². The molecule has 1 aromatic carbocycles. The summed E-state index contributed by atoms with van der Waals surface area (Å²) in [5.41, 5.74) is 0.374.